The summed E-state index contributed by atoms with van der Waals surface area (Å²) in [5, 5.41) is 12.3. The first kappa shape index (κ1) is 42.4. The molecule has 1 aliphatic carbocycles. The molecule has 3 aromatic rings. The van der Waals surface area contributed by atoms with Crippen LogP contribution in [0.1, 0.15) is 104 Å². The number of carbonyl (C=O) groups is 2. The lowest BCUT2D eigenvalue weighted by Gasteiger charge is -2.34. The summed E-state index contributed by atoms with van der Waals surface area (Å²) in [4.78, 5) is 41.7. The summed E-state index contributed by atoms with van der Waals surface area (Å²) in [7, 11) is 0. The molecule has 1 saturated heterocycles. The maximum Gasteiger partial charge on any atom is 0.416 e. The Morgan fingerprint density at radius 1 is 1.02 bits per heavy atom. The Balaban J connectivity index is 1.57. The molecule has 7 nitrogen and oxygen atoms in total. The largest absolute Gasteiger partial charge is 0.481 e. The van der Waals surface area contributed by atoms with Gasteiger partial charge in [-0.3, -0.25) is 14.4 Å². The summed E-state index contributed by atoms with van der Waals surface area (Å²) in [6, 6.07) is 0.320. The van der Waals surface area contributed by atoms with Gasteiger partial charge in [0.2, 0.25) is 5.91 Å². The summed E-state index contributed by atoms with van der Waals surface area (Å²) >= 11 is 0. The van der Waals surface area contributed by atoms with Crippen LogP contribution in [-0.2, 0) is 15.8 Å². The zero-order valence-corrected chi connectivity index (χ0v) is 31.5. The van der Waals surface area contributed by atoms with Gasteiger partial charge in [-0.2, -0.15) is 13.2 Å². The summed E-state index contributed by atoms with van der Waals surface area (Å²) in [6.07, 6.45) is -5.10. The van der Waals surface area contributed by atoms with Gasteiger partial charge in [0.05, 0.1) is 23.6 Å². The number of carbonyl (C=O) groups excluding carboxylic acids is 1. The standard InChI is InChI=1S/C41H43F8N3O4/c1-6-7-25-15-28(35-22(4)13-27(42)14-23(35)5)38(44)36(37(25)43)31(17-34(54)55)50-39(56)32(12-21(2)3)52-20-29(30(16-33(52)53)41(47,48)49)24-8-10-51(11-9-24)19-26-18-40(26,45)46/h13-16,20-21,24,26,31-32H,8-12,17-19H2,1-5H3,(H,50,56)(H,54,55). The number of halogens is 8. The fraction of sp³-hybridized carbons (Fsp3) is 0.488. The van der Waals surface area contributed by atoms with Crippen molar-refractivity contribution in [1.82, 2.24) is 14.8 Å². The van der Waals surface area contributed by atoms with Gasteiger partial charge in [-0.15, -0.1) is 5.92 Å². The van der Waals surface area contributed by atoms with Crippen molar-refractivity contribution in [2.24, 2.45) is 11.8 Å². The highest BCUT2D eigenvalue weighted by Gasteiger charge is 2.57. The number of nitrogens with zero attached hydrogens (tertiary/aromatic N) is 2. The van der Waals surface area contributed by atoms with E-state index in [2.05, 4.69) is 17.2 Å². The Morgan fingerprint density at radius 2 is 1.62 bits per heavy atom. The lowest BCUT2D eigenvalue weighted by molar-refractivity contribution is -0.139. The minimum atomic E-state index is -4.95. The first-order chi connectivity index (χ1) is 26.1. The van der Waals surface area contributed by atoms with Crippen molar-refractivity contribution < 1.29 is 49.8 Å². The smallest absolute Gasteiger partial charge is 0.416 e. The third-order valence-corrected chi connectivity index (χ3v) is 10.5. The van der Waals surface area contributed by atoms with Crippen molar-refractivity contribution in [3.63, 3.8) is 0 Å². The summed E-state index contributed by atoms with van der Waals surface area (Å²) < 4.78 is 118. The van der Waals surface area contributed by atoms with Crippen molar-refractivity contribution in [3.05, 3.63) is 91.6 Å². The number of carboxylic acid groups (broad SMARTS) is 1. The number of piperidine rings is 1. The van der Waals surface area contributed by atoms with Gasteiger partial charge in [0.25, 0.3) is 11.5 Å². The van der Waals surface area contributed by atoms with Crippen molar-refractivity contribution in [1.29, 1.82) is 0 Å². The van der Waals surface area contributed by atoms with E-state index in [4.69, 9.17) is 0 Å². The van der Waals surface area contributed by atoms with Gasteiger partial charge >= 0.3 is 12.1 Å². The molecule has 2 N–H and O–H groups in total. The lowest BCUT2D eigenvalue weighted by Crippen LogP contribution is -2.41. The molecular weight excluding hydrogens is 750 g/mol. The Labute approximate surface area is 319 Å². The van der Waals surface area contributed by atoms with Gasteiger partial charge in [0.15, 0.2) is 0 Å². The minimum absolute atomic E-state index is 0.110. The number of hydrogen-bond donors (Lipinski definition) is 2. The highest BCUT2D eigenvalue weighted by molar-refractivity contribution is 5.82. The molecule has 2 heterocycles. The first-order valence-corrected chi connectivity index (χ1v) is 18.3. The molecule has 302 valence electrons. The van der Waals surface area contributed by atoms with Gasteiger partial charge in [0, 0.05) is 42.3 Å². The zero-order chi connectivity index (χ0) is 41.4. The second kappa shape index (κ2) is 16.4. The SMILES string of the molecule is CC#Cc1cc(-c2c(C)cc(F)cc2C)c(F)c(C(CC(=O)O)NC(=O)C(CC(C)C)n2cc(C3CCN(CC4CC4(F)F)CC3)c(C(F)(F)F)cc2=O)c1F. The molecule has 2 aliphatic rings. The van der Waals surface area contributed by atoms with Gasteiger partial charge < -0.3 is 19.9 Å². The fourth-order valence-corrected chi connectivity index (χ4v) is 7.75. The molecule has 1 aromatic heterocycles. The lowest BCUT2D eigenvalue weighted by atomic mass is 9.87. The normalized spacial score (nSPS) is 18.3. The molecular formula is C41H43F8N3O4. The number of rotatable bonds is 12. The van der Waals surface area contributed by atoms with Crippen LogP contribution in [0.25, 0.3) is 11.1 Å². The molecule has 5 rings (SSSR count). The first-order valence-electron chi connectivity index (χ1n) is 18.3. The minimum Gasteiger partial charge on any atom is -0.481 e. The third kappa shape index (κ3) is 9.28. The van der Waals surface area contributed by atoms with Crippen LogP contribution in [0.3, 0.4) is 0 Å². The van der Waals surface area contributed by atoms with E-state index in [1.807, 2.05) is 0 Å². The molecule has 1 amide bonds. The molecule has 2 fully saturated rings. The monoisotopic (exact) mass is 793 g/mol. The number of nitrogens with one attached hydrogen (secondary N) is 1. The number of aryl methyl sites for hydroxylation is 2. The predicted molar refractivity (Wildman–Crippen MR) is 193 cm³/mol. The molecule has 1 saturated carbocycles. The number of aliphatic carboxylic acids is 1. The van der Waals surface area contributed by atoms with Crippen molar-refractivity contribution in [2.45, 2.75) is 96.8 Å². The van der Waals surface area contributed by atoms with Crippen molar-refractivity contribution in [3.8, 4) is 23.0 Å². The van der Waals surface area contributed by atoms with E-state index in [9.17, 15) is 45.8 Å². The molecule has 3 atom stereocenters. The highest BCUT2D eigenvalue weighted by atomic mass is 19.4. The number of benzene rings is 2. The quantitative estimate of drug-likeness (QED) is 0.142. The van der Waals surface area contributed by atoms with Crippen LogP contribution < -0.4 is 10.9 Å². The van der Waals surface area contributed by atoms with E-state index < -0.39 is 88.5 Å². The average molecular weight is 794 g/mol. The zero-order valence-electron chi connectivity index (χ0n) is 31.5. The van der Waals surface area contributed by atoms with E-state index in [0.717, 1.165) is 29.0 Å². The predicted octanol–water partition coefficient (Wildman–Crippen LogP) is 8.69. The molecule has 15 heteroatoms. The number of aromatic nitrogens is 1. The summed E-state index contributed by atoms with van der Waals surface area (Å²) in [5.74, 6) is -5.42. The van der Waals surface area contributed by atoms with Crippen LogP contribution in [0.4, 0.5) is 35.1 Å². The molecule has 0 radical (unpaired) electrons. The molecule has 56 heavy (non-hydrogen) atoms. The van der Waals surface area contributed by atoms with Crippen LogP contribution in [0.15, 0.2) is 35.3 Å². The Hall–Kier alpha value is -4.71. The second-order valence-electron chi connectivity index (χ2n) is 15.2. The maximum absolute atomic E-state index is 16.7. The number of amides is 1. The number of hydrogen-bond acceptors (Lipinski definition) is 4. The van der Waals surface area contributed by atoms with E-state index in [-0.39, 0.29) is 84.6 Å². The average Bonchev–Trinajstić information content (AvgIpc) is 3.69. The summed E-state index contributed by atoms with van der Waals surface area (Å²) in [5.41, 5.74) is -3.36. The Bertz CT molecular complexity index is 2100. The van der Waals surface area contributed by atoms with E-state index in [1.165, 1.54) is 20.8 Å². The molecule has 0 spiro atoms. The number of carboxylic acids is 1. The van der Waals surface area contributed by atoms with Crippen LogP contribution in [-0.4, -0.2) is 52.0 Å². The third-order valence-electron chi connectivity index (χ3n) is 10.5. The second-order valence-corrected chi connectivity index (χ2v) is 15.2. The van der Waals surface area contributed by atoms with E-state index >= 15 is 8.78 Å². The molecule has 1 aliphatic heterocycles. The maximum atomic E-state index is 16.7. The fourth-order valence-electron chi connectivity index (χ4n) is 7.75. The van der Waals surface area contributed by atoms with Gasteiger partial charge in [-0.05, 0) is 105 Å². The van der Waals surface area contributed by atoms with Crippen LogP contribution in [0.2, 0.25) is 0 Å². The van der Waals surface area contributed by atoms with Crippen molar-refractivity contribution >= 4 is 11.9 Å². The van der Waals surface area contributed by atoms with Crippen molar-refractivity contribution in [2.75, 3.05) is 19.6 Å². The molecule has 2 aromatic carbocycles. The van der Waals surface area contributed by atoms with Crippen LogP contribution in [0, 0.1) is 55.0 Å². The van der Waals surface area contributed by atoms with Gasteiger partial charge in [-0.1, -0.05) is 19.8 Å². The number of alkyl halides is 5. The molecule has 3 unspecified atom stereocenters. The summed E-state index contributed by atoms with van der Waals surface area (Å²) in [6.45, 7) is 8.32. The van der Waals surface area contributed by atoms with Crippen LogP contribution in [0.5, 0.6) is 0 Å². The van der Waals surface area contributed by atoms with E-state index in [0.29, 0.717) is 6.07 Å². The van der Waals surface area contributed by atoms with Gasteiger partial charge in [-0.25, -0.2) is 22.0 Å². The highest BCUT2D eigenvalue weighted by Crippen LogP contribution is 2.49. The van der Waals surface area contributed by atoms with Crippen LogP contribution >= 0.6 is 0 Å². The topological polar surface area (TPSA) is 91.6 Å². The van der Waals surface area contributed by atoms with Gasteiger partial charge in [0.1, 0.15) is 23.5 Å². The number of likely N-dealkylation sites (tertiary alicyclic amines) is 1. The van der Waals surface area contributed by atoms with E-state index in [1.54, 1.807) is 18.7 Å². The Kier molecular flexibility index (Phi) is 12.4. The molecule has 0 bridgehead atoms. The number of pyridine rings is 1. The Morgan fingerprint density at radius 3 is 2.14 bits per heavy atom.